The molecule has 0 aliphatic rings. The van der Waals surface area contributed by atoms with Crippen molar-refractivity contribution in [2.24, 2.45) is 23.3 Å². The molecular weight excluding hydrogens is 462 g/mol. The normalized spacial score (nSPS) is 15.5. The van der Waals surface area contributed by atoms with Crippen molar-refractivity contribution >= 4 is 41.4 Å². The lowest BCUT2D eigenvalue weighted by atomic mass is 9.96. The fraction of sp³-hybridized carbons (Fsp3) is 0.773. The van der Waals surface area contributed by atoms with Gasteiger partial charge in [-0.2, -0.15) is 11.8 Å². The van der Waals surface area contributed by atoms with Crippen molar-refractivity contribution in [3.8, 4) is 0 Å². The van der Waals surface area contributed by atoms with Gasteiger partial charge in [0.2, 0.25) is 23.6 Å². The summed E-state index contributed by atoms with van der Waals surface area (Å²) in [7, 11) is 0. The Morgan fingerprint density at radius 2 is 1.50 bits per heavy atom. The minimum absolute atomic E-state index is 0.0318. The Labute approximate surface area is 205 Å². The van der Waals surface area contributed by atoms with Crippen LogP contribution in [0.3, 0.4) is 0 Å². The van der Waals surface area contributed by atoms with Gasteiger partial charge in [-0.1, -0.05) is 34.1 Å². The van der Waals surface area contributed by atoms with Crippen LogP contribution in [0.2, 0.25) is 0 Å². The molecule has 5 unspecified atom stereocenters. The first-order chi connectivity index (χ1) is 15.8. The summed E-state index contributed by atoms with van der Waals surface area (Å²) in [5.74, 6) is -3.19. The van der Waals surface area contributed by atoms with Crippen LogP contribution >= 0.6 is 11.8 Å². The lowest BCUT2D eigenvalue weighted by Crippen LogP contribution is -2.58. The molecule has 0 aromatic heterocycles. The number of rotatable bonds is 17. The Hall–Kier alpha value is -2.34. The Balaban J connectivity index is 5.49. The maximum Gasteiger partial charge on any atom is 0.326 e. The van der Waals surface area contributed by atoms with Gasteiger partial charge in [0.15, 0.2) is 0 Å². The van der Waals surface area contributed by atoms with Crippen LogP contribution in [0.4, 0.5) is 0 Å². The summed E-state index contributed by atoms with van der Waals surface area (Å²) in [4.78, 5) is 61.0. The third-order valence-electron chi connectivity index (χ3n) is 5.40. The number of nitrogens with two attached hydrogens (primary N) is 2. The minimum Gasteiger partial charge on any atom is -0.480 e. The first-order valence-electron chi connectivity index (χ1n) is 11.5. The van der Waals surface area contributed by atoms with E-state index in [1.807, 2.05) is 27.0 Å². The van der Waals surface area contributed by atoms with Crippen LogP contribution < -0.4 is 27.4 Å². The number of aliphatic carboxylic acids is 1. The second-order valence-corrected chi connectivity index (χ2v) is 9.84. The monoisotopic (exact) mass is 503 g/mol. The Kier molecular flexibility index (Phi) is 15.2. The van der Waals surface area contributed by atoms with E-state index in [2.05, 4.69) is 16.0 Å². The smallest absolute Gasteiger partial charge is 0.326 e. The molecule has 34 heavy (non-hydrogen) atoms. The topological polar surface area (TPSA) is 194 Å². The van der Waals surface area contributed by atoms with Gasteiger partial charge in [-0.25, -0.2) is 4.79 Å². The fourth-order valence-electron chi connectivity index (χ4n) is 3.12. The van der Waals surface area contributed by atoms with E-state index in [9.17, 15) is 29.1 Å². The lowest BCUT2D eigenvalue weighted by molar-refractivity contribution is -0.142. The molecule has 0 radical (unpaired) electrons. The zero-order chi connectivity index (χ0) is 26.4. The molecule has 11 nitrogen and oxygen atoms in total. The predicted molar refractivity (Wildman–Crippen MR) is 132 cm³/mol. The summed E-state index contributed by atoms with van der Waals surface area (Å²) >= 11 is 1.47. The summed E-state index contributed by atoms with van der Waals surface area (Å²) in [6.07, 6.45) is 2.91. The Bertz CT molecular complexity index is 705. The predicted octanol–water partition coefficient (Wildman–Crippen LogP) is -0.0365. The average molecular weight is 504 g/mol. The zero-order valence-corrected chi connectivity index (χ0v) is 21.6. The summed E-state index contributed by atoms with van der Waals surface area (Å²) in [6, 6.07) is -4.03. The SMILES string of the molecule is CCC(C)C(NC(=O)C(N)CCC(N)=O)C(=O)NC(CC(C)C)C(=O)NC(CCSC)C(=O)O. The van der Waals surface area contributed by atoms with Gasteiger partial charge in [-0.05, 0) is 43.1 Å². The highest BCUT2D eigenvalue weighted by Crippen LogP contribution is 2.12. The minimum atomic E-state index is -1.15. The van der Waals surface area contributed by atoms with E-state index in [1.54, 1.807) is 6.92 Å². The number of hydrogen-bond acceptors (Lipinski definition) is 7. The van der Waals surface area contributed by atoms with Crippen LogP contribution in [-0.4, -0.2) is 70.9 Å². The number of nitrogens with one attached hydrogen (secondary N) is 3. The lowest BCUT2D eigenvalue weighted by Gasteiger charge is -2.28. The molecular formula is C22H41N5O6S. The van der Waals surface area contributed by atoms with Crippen LogP contribution in [0, 0.1) is 11.8 Å². The summed E-state index contributed by atoms with van der Waals surface area (Å²) in [5, 5.41) is 17.2. The second-order valence-electron chi connectivity index (χ2n) is 8.85. The second kappa shape index (κ2) is 16.3. The van der Waals surface area contributed by atoms with Gasteiger partial charge >= 0.3 is 5.97 Å². The van der Waals surface area contributed by atoms with Gasteiger partial charge < -0.3 is 32.5 Å². The van der Waals surface area contributed by atoms with Gasteiger partial charge in [0.1, 0.15) is 18.1 Å². The van der Waals surface area contributed by atoms with E-state index in [1.165, 1.54) is 11.8 Å². The van der Waals surface area contributed by atoms with E-state index >= 15 is 0 Å². The van der Waals surface area contributed by atoms with E-state index in [4.69, 9.17) is 11.5 Å². The van der Waals surface area contributed by atoms with Crippen molar-refractivity contribution in [3.05, 3.63) is 0 Å². The van der Waals surface area contributed by atoms with Crippen molar-refractivity contribution in [2.75, 3.05) is 12.0 Å². The van der Waals surface area contributed by atoms with Crippen LogP contribution in [0.15, 0.2) is 0 Å². The largest absolute Gasteiger partial charge is 0.480 e. The first-order valence-corrected chi connectivity index (χ1v) is 12.9. The Morgan fingerprint density at radius 3 is 1.97 bits per heavy atom. The molecule has 0 rings (SSSR count). The van der Waals surface area contributed by atoms with Crippen LogP contribution in [0.5, 0.6) is 0 Å². The number of carboxylic acids is 1. The molecule has 0 aromatic rings. The quantitative estimate of drug-likeness (QED) is 0.159. The fourth-order valence-corrected chi connectivity index (χ4v) is 3.59. The molecule has 0 aliphatic heterocycles. The number of hydrogen-bond donors (Lipinski definition) is 6. The van der Waals surface area contributed by atoms with Crippen molar-refractivity contribution in [1.29, 1.82) is 0 Å². The maximum atomic E-state index is 13.1. The molecule has 5 atom stereocenters. The standard InChI is InChI=1S/C22H41N5O6S/c1-6-13(4)18(27-19(29)14(23)7-8-17(24)28)21(31)26-16(11-12(2)3)20(30)25-15(22(32)33)9-10-34-5/h12-16,18H,6-11,23H2,1-5H3,(H2,24,28)(H,25,30)(H,26,31)(H,27,29)(H,32,33). The average Bonchev–Trinajstić information content (AvgIpc) is 2.76. The molecule has 12 heteroatoms. The molecule has 4 amide bonds. The van der Waals surface area contributed by atoms with Gasteiger partial charge in [0.25, 0.3) is 0 Å². The number of amides is 4. The number of carbonyl (C=O) groups is 5. The third kappa shape index (κ3) is 12.2. The van der Waals surface area contributed by atoms with Crippen molar-refractivity contribution in [3.63, 3.8) is 0 Å². The van der Waals surface area contributed by atoms with Crippen LogP contribution in [0.25, 0.3) is 0 Å². The van der Waals surface area contributed by atoms with Crippen molar-refractivity contribution in [1.82, 2.24) is 16.0 Å². The number of carbonyl (C=O) groups excluding carboxylic acids is 4. The van der Waals surface area contributed by atoms with Gasteiger partial charge in [0.05, 0.1) is 6.04 Å². The van der Waals surface area contributed by atoms with Crippen molar-refractivity contribution in [2.45, 2.75) is 84.0 Å². The van der Waals surface area contributed by atoms with E-state index in [-0.39, 0.29) is 37.5 Å². The highest BCUT2D eigenvalue weighted by atomic mass is 32.2. The molecule has 0 spiro atoms. The van der Waals surface area contributed by atoms with E-state index < -0.39 is 53.8 Å². The van der Waals surface area contributed by atoms with Crippen molar-refractivity contribution < 1.29 is 29.1 Å². The third-order valence-corrected chi connectivity index (χ3v) is 6.04. The van der Waals surface area contributed by atoms with Gasteiger partial charge in [0, 0.05) is 6.42 Å². The molecule has 0 aromatic carbocycles. The van der Waals surface area contributed by atoms with Crippen LogP contribution in [-0.2, 0) is 24.0 Å². The van der Waals surface area contributed by atoms with E-state index in [0.29, 0.717) is 12.2 Å². The number of thioether (sulfide) groups is 1. The summed E-state index contributed by atoms with van der Waals surface area (Å²) in [6.45, 7) is 7.38. The molecule has 196 valence electrons. The molecule has 0 heterocycles. The van der Waals surface area contributed by atoms with Crippen LogP contribution in [0.1, 0.15) is 59.8 Å². The number of carboxylic acid groups (broad SMARTS) is 1. The Morgan fingerprint density at radius 1 is 0.912 bits per heavy atom. The molecule has 0 saturated heterocycles. The van der Waals surface area contributed by atoms with Gasteiger partial charge in [-0.15, -0.1) is 0 Å². The summed E-state index contributed by atoms with van der Waals surface area (Å²) in [5.41, 5.74) is 10.9. The first kappa shape index (κ1) is 31.7. The molecule has 0 bridgehead atoms. The molecule has 0 aliphatic carbocycles. The van der Waals surface area contributed by atoms with Gasteiger partial charge in [-0.3, -0.25) is 19.2 Å². The van der Waals surface area contributed by atoms with E-state index in [0.717, 1.165) is 0 Å². The molecule has 0 saturated carbocycles. The number of primary amides is 1. The maximum absolute atomic E-state index is 13.1. The summed E-state index contributed by atoms with van der Waals surface area (Å²) < 4.78 is 0. The molecule has 0 fully saturated rings. The zero-order valence-electron chi connectivity index (χ0n) is 20.8. The highest BCUT2D eigenvalue weighted by Gasteiger charge is 2.32. The highest BCUT2D eigenvalue weighted by molar-refractivity contribution is 7.98. The molecule has 8 N–H and O–H groups in total.